The molecule has 0 unspecified atom stereocenters. The summed E-state index contributed by atoms with van der Waals surface area (Å²) in [4.78, 5) is 28.6. The van der Waals surface area contributed by atoms with E-state index in [2.05, 4.69) is 10.0 Å². The summed E-state index contributed by atoms with van der Waals surface area (Å²) < 4.78 is 16.3. The maximum atomic E-state index is 12.5. The van der Waals surface area contributed by atoms with E-state index in [1.54, 1.807) is 4.90 Å². The molecule has 1 aliphatic carbocycles. The van der Waals surface area contributed by atoms with Gasteiger partial charge in [0.15, 0.2) is 0 Å². The van der Waals surface area contributed by atoms with Crippen LogP contribution in [0.15, 0.2) is 5.11 Å². The first kappa shape index (κ1) is 21.3. The van der Waals surface area contributed by atoms with Gasteiger partial charge in [0.25, 0.3) is 0 Å². The average molecular weight is 382 g/mol. The third kappa shape index (κ3) is 6.29. The summed E-state index contributed by atoms with van der Waals surface area (Å²) in [6.07, 6.45) is 3.28. The number of ether oxygens (including phenoxy) is 3. The molecule has 9 nitrogen and oxygen atoms in total. The molecule has 1 amide bonds. The Hall–Kier alpha value is -1.99. The van der Waals surface area contributed by atoms with Gasteiger partial charge in [-0.1, -0.05) is 5.11 Å². The minimum absolute atomic E-state index is 0.0473. The fourth-order valence-electron chi connectivity index (χ4n) is 3.63. The van der Waals surface area contributed by atoms with E-state index in [1.165, 1.54) is 7.11 Å². The van der Waals surface area contributed by atoms with Crippen molar-refractivity contribution in [1.82, 2.24) is 4.90 Å². The lowest BCUT2D eigenvalue weighted by atomic mass is 9.87. The molecule has 0 aromatic carbocycles. The molecule has 9 heteroatoms. The summed E-state index contributed by atoms with van der Waals surface area (Å²) in [7, 11) is 1.41. The quantitative estimate of drug-likeness (QED) is 0.313. The first-order valence-electron chi connectivity index (χ1n) is 9.46. The lowest BCUT2D eigenvalue weighted by Gasteiger charge is -2.31. The van der Waals surface area contributed by atoms with Crippen molar-refractivity contribution in [3.63, 3.8) is 0 Å². The molecular weight excluding hydrogens is 352 g/mol. The summed E-state index contributed by atoms with van der Waals surface area (Å²) in [6, 6.07) is -0.458. The number of methoxy groups -OCH3 is 1. The van der Waals surface area contributed by atoms with Gasteiger partial charge in [0.1, 0.15) is 5.60 Å². The van der Waals surface area contributed by atoms with Gasteiger partial charge in [-0.25, -0.2) is 4.79 Å². The SMILES string of the molecule is COC(=O)C1CCC(OC[C@@H]2C[C@H](N=[N+]=[N-])CN2C(=O)OC(C)(C)C)CC1. The predicted molar refractivity (Wildman–Crippen MR) is 98.0 cm³/mol. The van der Waals surface area contributed by atoms with Gasteiger partial charge in [-0.3, -0.25) is 4.79 Å². The Bertz CT molecular complexity index is 577. The summed E-state index contributed by atoms with van der Waals surface area (Å²) in [5.41, 5.74) is 8.11. The summed E-state index contributed by atoms with van der Waals surface area (Å²) in [6.45, 7) is 6.15. The average Bonchev–Trinajstić information content (AvgIpc) is 3.02. The highest BCUT2D eigenvalue weighted by atomic mass is 16.6. The largest absolute Gasteiger partial charge is 0.469 e. The molecule has 0 radical (unpaired) electrons. The van der Waals surface area contributed by atoms with E-state index in [1.807, 2.05) is 20.8 Å². The van der Waals surface area contributed by atoms with Crippen molar-refractivity contribution in [2.75, 3.05) is 20.3 Å². The molecule has 1 aliphatic heterocycles. The van der Waals surface area contributed by atoms with Gasteiger partial charge in [-0.15, -0.1) is 0 Å². The van der Waals surface area contributed by atoms with Gasteiger partial charge in [0, 0.05) is 11.5 Å². The van der Waals surface area contributed by atoms with E-state index < -0.39 is 11.7 Å². The Morgan fingerprint density at radius 3 is 2.44 bits per heavy atom. The lowest BCUT2D eigenvalue weighted by molar-refractivity contribution is -0.147. The number of hydrogen-bond acceptors (Lipinski definition) is 6. The minimum Gasteiger partial charge on any atom is -0.469 e. The first-order chi connectivity index (χ1) is 12.7. The second-order valence-electron chi connectivity index (χ2n) is 8.21. The maximum Gasteiger partial charge on any atom is 0.410 e. The summed E-state index contributed by atoms with van der Waals surface area (Å²) in [5.74, 6) is -0.202. The summed E-state index contributed by atoms with van der Waals surface area (Å²) >= 11 is 0. The molecule has 0 bridgehead atoms. The summed E-state index contributed by atoms with van der Waals surface area (Å²) in [5, 5.41) is 3.76. The van der Waals surface area contributed by atoms with Crippen LogP contribution >= 0.6 is 0 Å². The van der Waals surface area contributed by atoms with Gasteiger partial charge in [0.2, 0.25) is 0 Å². The molecule has 2 rings (SSSR count). The van der Waals surface area contributed by atoms with Gasteiger partial charge in [-0.2, -0.15) is 0 Å². The van der Waals surface area contributed by atoms with Crippen LogP contribution in [0.4, 0.5) is 4.79 Å². The number of nitrogens with zero attached hydrogens (tertiary/aromatic N) is 4. The monoisotopic (exact) mass is 382 g/mol. The van der Waals surface area contributed by atoms with E-state index >= 15 is 0 Å². The zero-order valence-corrected chi connectivity index (χ0v) is 16.6. The Labute approximate surface area is 159 Å². The Morgan fingerprint density at radius 1 is 1.22 bits per heavy atom. The molecule has 27 heavy (non-hydrogen) atoms. The minimum atomic E-state index is -0.592. The van der Waals surface area contributed by atoms with Crippen LogP contribution in [0.2, 0.25) is 0 Å². The second kappa shape index (κ2) is 9.28. The molecule has 2 atom stereocenters. The van der Waals surface area contributed by atoms with Crippen molar-refractivity contribution < 1.29 is 23.8 Å². The van der Waals surface area contributed by atoms with Gasteiger partial charge in [-0.05, 0) is 58.4 Å². The molecule has 1 saturated carbocycles. The van der Waals surface area contributed by atoms with Gasteiger partial charge < -0.3 is 19.1 Å². The van der Waals surface area contributed by atoms with Crippen LogP contribution in [0.5, 0.6) is 0 Å². The molecule has 0 spiro atoms. The van der Waals surface area contributed by atoms with Crippen LogP contribution in [-0.4, -0.2) is 61.0 Å². The molecule has 0 aromatic heterocycles. The first-order valence-corrected chi connectivity index (χ1v) is 9.46. The van der Waals surface area contributed by atoms with Crippen molar-refractivity contribution >= 4 is 12.1 Å². The highest BCUT2D eigenvalue weighted by molar-refractivity contribution is 5.72. The van der Waals surface area contributed by atoms with Crippen LogP contribution in [0, 0.1) is 5.92 Å². The number of rotatable bonds is 5. The zero-order chi connectivity index (χ0) is 20.0. The number of carbonyl (C=O) groups excluding carboxylic acids is 2. The van der Waals surface area contributed by atoms with Gasteiger partial charge >= 0.3 is 12.1 Å². The number of esters is 1. The van der Waals surface area contributed by atoms with Crippen LogP contribution in [0.1, 0.15) is 52.9 Å². The third-order valence-corrected chi connectivity index (χ3v) is 4.97. The lowest BCUT2D eigenvalue weighted by Crippen LogP contribution is -2.42. The number of likely N-dealkylation sites (tertiary alicyclic amines) is 1. The van der Waals surface area contributed by atoms with Gasteiger partial charge in [0.05, 0.1) is 37.8 Å². The van der Waals surface area contributed by atoms with Crippen molar-refractivity contribution in [3.8, 4) is 0 Å². The number of amides is 1. The van der Waals surface area contributed by atoms with Crippen molar-refractivity contribution in [1.29, 1.82) is 0 Å². The van der Waals surface area contributed by atoms with Crippen molar-refractivity contribution in [2.24, 2.45) is 11.0 Å². The Balaban J connectivity index is 1.89. The second-order valence-corrected chi connectivity index (χ2v) is 8.21. The molecule has 0 N–H and O–H groups in total. The van der Waals surface area contributed by atoms with Crippen molar-refractivity contribution in [3.05, 3.63) is 10.4 Å². The topological polar surface area (TPSA) is 114 Å². The van der Waals surface area contributed by atoms with Crippen LogP contribution < -0.4 is 0 Å². The van der Waals surface area contributed by atoms with E-state index in [9.17, 15) is 9.59 Å². The van der Waals surface area contributed by atoms with Crippen LogP contribution in [0.3, 0.4) is 0 Å². The Kier molecular flexibility index (Phi) is 7.33. The molecule has 1 saturated heterocycles. The fourth-order valence-corrected chi connectivity index (χ4v) is 3.63. The normalized spacial score (nSPS) is 28.4. The maximum absolute atomic E-state index is 12.5. The van der Waals surface area contributed by atoms with E-state index in [0.29, 0.717) is 19.6 Å². The molecule has 0 aromatic rings. The van der Waals surface area contributed by atoms with Crippen LogP contribution in [-0.2, 0) is 19.0 Å². The highest BCUT2D eigenvalue weighted by Gasteiger charge is 2.38. The predicted octanol–water partition coefficient (Wildman–Crippen LogP) is 3.42. The fraction of sp³-hybridized carbons (Fsp3) is 0.889. The molecule has 2 fully saturated rings. The molecular formula is C18H30N4O5. The van der Waals surface area contributed by atoms with Crippen molar-refractivity contribution in [2.45, 2.75) is 76.7 Å². The molecule has 1 heterocycles. The molecule has 2 aliphatic rings. The smallest absolute Gasteiger partial charge is 0.410 e. The third-order valence-electron chi connectivity index (χ3n) is 4.97. The van der Waals surface area contributed by atoms with E-state index in [0.717, 1.165) is 25.7 Å². The number of carbonyl (C=O) groups is 2. The molecule has 152 valence electrons. The van der Waals surface area contributed by atoms with E-state index in [4.69, 9.17) is 19.7 Å². The number of azide groups is 1. The van der Waals surface area contributed by atoms with E-state index in [-0.39, 0.29) is 30.1 Å². The Morgan fingerprint density at radius 2 is 1.89 bits per heavy atom. The standard InChI is InChI=1S/C18H30N4O5/c1-18(2,3)27-17(24)22-10-13(20-21-19)9-14(22)11-26-15-7-5-12(6-8-15)16(23)25-4/h12-15H,5-11H2,1-4H3/t12?,13-,14-,15?/m0/s1. The highest BCUT2D eigenvalue weighted by Crippen LogP contribution is 2.29. The van der Waals surface area contributed by atoms with Crippen LogP contribution in [0.25, 0.3) is 10.4 Å². The number of hydrogen-bond donors (Lipinski definition) is 0. The zero-order valence-electron chi connectivity index (χ0n) is 16.6.